The molecule has 0 saturated heterocycles. The number of hydrogen-bond donors (Lipinski definition) is 0. The predicted octanol–water partition coefficient (Wildman–Crippen LogP) is 15.8. The number of anilines is 4. The molecule has 0 N–H and O–H groups in total. The van der Waals surface area contributed by atoms with Gasteiger partial charge in [0.1, 0.15) is 24.0 Å². The van der Waals surface area contributed by atoms with E-state index in [0.717, 1.165) is 61.9 Å². The normalized spacial score (nSPS) is 12.6. The van der Waals surface area contributed by atoms with Gasteiger partial charge in [0.2, 0.25) is 0 Å². The maximum atomic E-state index is 6.83. The van der Waals surface area contributed by atoms with Gasteiger partial charge in [-0.25, -0.2) is 4.98 Å². The Balaban J connectivity index is 0.978. The molecule has 0 atom stereocenters. The Kier molecular flexibility index (Phi) is 9.62. The number of nitrogens with zero attached hydrogens (tertiary/aromatic N) is 4. The van der Waals surface area contributed by atoms with Crippen LogP contribution in [0.5, 0.6) is 11.5 Å². The lowest BCUT2D eigenvalue weighted by Gasteiger charge is -2.27. The van der Waals surface area contributed by atoms with Crippen molar-refractivity contribution < 1.29 is 4.74 Å². The van der Waals surface area contributed by atoms with Crippen molar-refractivity contribution in [3.63, 3.8) is 0 Å². The summed E-state index contributed by atoms with van der Waals surface area (Å²) in [6.07, 6.45) is 2.01. The number of aryl methyl sites for hydroxylation is 1. The summed E-state index contributed by atoms with van der Waals surface area (Å²) in [4.78, 5) is 9.96. The number of pyridine rings is 1. The van der Waals surface area contributed by atoms with Crippen LogP contribution in [0.25, 0.3) is 61.0 Å². The first-order valence-corrected chi connectivity index (χ1v) is 22.1. The molecule has 5 nitrogen and oxygen atoms in total. The van der Waals surface area contributed by atoms with E-state index in [-0.39, 0.29) is 5.41 Å². The molecule has 1 aliphatic rings. The summed E-state index contributed by atoms with van der Waals surface area (Å²) in [5.41, 5.74) is 16.2. The third kappa shape index (κ3) is 6.96. The van der Waals surface area contributed by atoms with Crippen LogP contribution in [0.15, 0.2) is 206 Å². The molecule has 8 aromatic carbocycles. The Labute approximate surface area is 375 Å². The number of rotatable bonds is 8. The van der Waals surface area contributed by atoms with Crippen LogP contribution in [-0.4, -0.2) is 16.2 Å². The molecule has 5 heteroatoms. The second-order valence-corrected chi connectivity index (χ2v) is 17.7. The smallest absolute Gasteiger partial charge is 0.137 e. The average molecular weight is 829 g/mol. The van der Waals surface area contributed by atoms with Crippen molar-refractivity contribution in [1.82, 2.24) is 9.55 Å². The quantitative estimate of drug-likeness (QED) is 0.153. The fourth-order valence-corrected chi connectivity index (χ4v) is 9.37. The highest BCUT2D eigenvalue weighted by molar-refractivity contribution is 6.10. The molecule has 0 unspecified atom stereocenters. The Morgan fingerprint density at radius 2 is 1.08 bits per heavy atom. The fraction of sp³-hybridized carbons (Fsp3) is 0.102. The van der Waals surface area contributed by atoms with Crippen LogP contribution in [-0.2, 0) is 5.41 Å². The molecule has 0 fully saturated rings. The monoisotopic (exact) mass is 828 g/mol. The van der Waals surface area contributed by atoms with Crippen LogP contribution in [0, 0.1) is 6.92 Å². The minimum absolute atomic E-state index is 0.00516. The number of benzene rings is 8. The lowest BCUT2D eigenvalue weighted by molar-refractivity contribution is 0.483. The highest BCUT2D eigenvalue weighted by Gasteiger charge is 2.31. The minimum atomic E-state index is 0.00516. The predicted molar refractivity (Wildman–Crippen MR) is 267 cm³/mol. The average Bonchev–Trinajstić information content (AvgIpc) is 3.87. The number of fused-ring (bicyclic) bond motifs is 4. The largest absolute Gasteiger partial charge is 0.457 e. The first kappa shape index (κ1) is 39.0. The van der Waals surface area contributed by atoms with E-state index in [1.807, 2.05) is 18.3 Å². The second-order valence-electron chi connectivity index (χ2n) is 17.7. The molecule has 0 amide bonds. The van der Waals surface area contributed by atoms with Crippen LogP contribution in [0.3, 0.4) is 0 Å². The Bertz CT molecular complexity index is 3270. The topological polar surface area (TPSA) is 33.5 Å². The molecule has 310 valence electrons. The van der Waals surface area contributed by atoms with Crippen LogP contribution in [0.1, 0.15) is 31.9 Å². The van der Waals surface area contributed by atoms with E-state index < -0.39 is 0 Å². The van der Waals surface area contributed by atoms with Gasteiger partial charge in [-0.2, -0.15) is 0 Å². The molecular formula is C59H48N4O. The number of ether oxygens (including phenoxy) is 1. The van der Waals surface area contributed by atoms with Crippen LogP contribution in [0.2, 0.25) is 0 Å². The summed E-state index contributed by atoms with van der Waals surface area (Å²) >= 11 is 0. The summed E-state index contributed by atoms with van der Waals surface area (Å²) in [5.74, 6) is 2.40. The first-order chi connectivity index (χ1) is 31.3. The van der Waals surface area contributed by atoms with Gasteiger partial charge in [0, 0.05) is 51.5 Å². The van der Waals surface area contributed by atoms with Crippen molar-refractivity contribution in [2.75, 3.05) is 16.5 Å². The molecule has 64 heavy (non-hydrogen) atoms. The summed E-state index contributed by atoms with van der Waals surface area (Å²) in [6.45, 7) is 9.60. The molecule has 0 aliphatic carbocycles. The van der Waals surface area contributed by atoms with E-state index in [9.17, 15) is 0 Å². The molecular weight excluding hydrogens is 781 g/mol. The highest BCUT2D eigenvalue weighted by Crippen LogP contribution is 2.50. The number of hydrogen-bond acceptors (Lipinski definition) is 4. The molecule has 11 rings (SSSR count). The third-order valence-corrected chi connectivity index (χ3v) is 12.6. The maximum Gasteiger partial charge on any atom is 0.137 e. The van der Waals surface area contributed by atoms with Crippen molar-refractivity contribution in [3.8, 4) is 50.7 Å². The van der Waals surface area contributed by atoms with Gasteiger partial charge >= 0.3 is 0 Å². The zero-order valence-electron chi connectivity index (χ0n) is 36.5. The van der Waals surface area contributed by atoms with Crippen molar-refractivity contribution >= 4 is 44.6 Å². The van der Waals surface area contributed by atoms with E-state index in [0.29, 0.717) is 6.67 Å². The summed E-state index contributed by atoms with van der Waals surface area (Å²) < 4.78 is 9.12. The lowest BCUT2D eigenvalue weighted by atomic mass is 9.86. The third-order valence-electron chi connectivity index (χ3n) is 12.6. The zero-order valence-corrected chi connectivity index (χ0v) is 36.5. The minimum Gasteiger partial charge on any atom is -0.457 e. The van der Waals surface area contributed by atoms with Crippen molar-refractivity contribution in [2.24, 2.45) is 0 Å². The Morgan fingerprint density at radius 1 is 0.484 bits per heavy atom. The molecule has 3 heterocycles. The molecule has 0 saturated carbocycles. The molecule has 0 radical (unpaired) electrons. The molecule has 2 aromatic heterocycles. The Hall–Kier alpha value is -7.89. The SMILES string of the molecule is Cc1cc(-n2c3ccc(C(C)(C)C)cc3c3ccc(Oc4cccc(N5CN(c6c(-c7ccccc7)cccc6-c6ccccc6)c6ccccc65)c4)cc32)ncc1-c1ccccc1. The molecule has 0 bridgehead atoms. The van der Waals surface area contributed by atoms with E-state index >= 15 is 0 Å². The zero-order chi connectivity index (χ0) is 43.4. The second kappa shape index (κ2) is 15.8. The van der Waals surface area contributed by atoms with E-state index in [1.165, 1.54) is 44.5 Å². The van der Waals surface area contributed by atoms with Gasteiger partial charge < -0.3 is 14.5 Å². The van der Waals surface area contributed by atoms with Crippen LogP contribution >= 0.6 is 0 Å². The van der Waals surface area contributed by atoms with Crippen LogP contribution in [0.4, 0.5) is 22.7 Å². The van der Waals surface area contributed by atoms with Gasteiger partial charge in [0.15, 0.2) is 0 Å². The summed E-state index contributed by atoms with van der Waals surface area (Å²) in [7, 11) is 0. The Morgan fingerprint density at radius 3 is 1.72 bits per heavy atom. The van der Waals surface area contributed by atoms with Gasteiger partial charge in [-0.3, -0.25) is 4.57 Å². The van der Waals surface area contributed by atoms with Crippen molar-refractivity contribution in [1.29, 1.82) is 0 Å². The van der Waals surface area contributed by atoms with Gasteiger partial charge in [0.25, 0.3) is 0 Å². The van der Waals surface area contributed by atoms with Gasteiger partial charge in [-0.05, 0) is 94.8 Å². The van der Waals surface area contributed by atoms with E-state index in [2.05, 4.69) is 230 Å². The molecule has 0 spiro atoms. The van der Waals surface area contributed by atoms with Crippen molar-refractivity contribution in [3.05, 3.63) is 218 Å². The number of aromatic nitrogens is 2. The van der Waals surface area contributed by atoms with Crippen molar-refractivity contribution in [2.45, 2.75) is 33.1 Å². The fourth-order valence-electron chi connectivity index (χ4n) is 9.37. The first-order valence-electron chi connectivity index (χ1n) is 22.1. The van der Waals surface area contributed by atoms with Gasteiger partial charge in [0.05, 0.1) is 28.1 Å². The molecule has 1 aliphatic heterocycles. The van der Waals surface area contributed by atoms with E-state index in [4.69, 9.17) is 9.72 Å². The van der Waals surface area contributed by atoms with Gasteiger partial charge in [-0.15, -0.1) is 0 Å². The standard InChI is InChI=1S/C59H48N4O/c1-40-34-57(60-38-52(40)43-22-12-7-13-23-43)63-53-33-30-44(59(2,3)4)35-51(53)50-32-31-47(37-56(50)63)64-46-25-16-24-45(36-46)61-39-62(55-29-15-14-28-54(55)61)58-48(41-18-8-5-9-19-41)26-17-27-49(58)42-20-10-6-11-21-42/h5-38H,39H2,1-4H3. The summed E-state index contributed by atoms with van der Waals surface area (Å²) in [5, 5.41) is 2.36. The lowest BCUT2D eigenvalue weighted by Crippen LogP contribution is -2.24. The number of para-hydroxylation sites is 3. The summed E-state index contributed by atoms with van der Waals surface area (Å²) in [6, 6.07) is 71.3. The maximum absolute atomic E-state index is 6.83. The van der Waals surface area contributed by atoms with Gasteiger partial charge in [-0.1, -0.05) is 154 Å². The van der Waals surface area contributed by atoms with E-state index in [1.54, 1.807) is 0 Å². The molecule has 10 aromatic rings. The van der Waals surface area contributed by atoms with Crippen LogP contribution < -0.4 is 14.5 Å². The highest BCUT2D eigenvalue weighted by atomic mass is 16.5.